The zero-order valence-corrected chi connectivity index (χ0v) is 10.1. The van der Waals surface area contributed by atoms with E-state index >= 15 is 0 Å². The second kappa shape index (κ2) is 4.89. The molecule has 6 nitrogen and oxygen atoms in total. The molecule has 0 aromatic carbocycles. The van der Waals surface area contributed by atoms with Crippen LogP contribution in [-0.4, -0.2) is 42.2 Å². The van der Waals surface area contributed by atoms with Gasteiger partial charge in [0.1, 0.15) is 0 Å². The minimum Gasteiger partial charge on any atom is -0.378 e. The number of carbonyl (C=O) groups is 1. The van der Waals surface area contributed by atoms with Gasteiger partial charge in [0, 0.05) is 19.0 Å². The third-order valence-corrected chi connectivity index (χ3v) is 3.15. The summed E-state index contributed by atoms with van der Waals surface area (Å²) in [6.45, 7) is 3.05. The van der Waals surface area contributed by atoms with Crippen LogP contribution in [0.4, 0.5) is 11.6 Å². The summed E-state index contributed by atoms with van der Waals surface area (Å²) in [5.41, 5.74) is 0.670. The van der Waals surface area contributed by atoms with E-state index in [0.717, 1.165) is 25.9 Å². The fourth-order valence-electron chi connectivity index (χ4n) is 1.90. The third kappa shape index (κ3) is 2.59. The van der Waals surface area contributed by atoms with E-state index < -0.39 is 0 Å². The predicted octanol–water partition coefficient (Wildman–Crippen LogP) is 0.662. The Bertz CT molecular complexity index is 424. The van der Waals surface area contributed by atoms with Crippen molar-refractivity contribution in [3.05, 3.63) is 12.4 Å². The van der Waals surface area contributed by atoms with Gasteiger partial charge in [0.2, 0.25) is 11.9 Å². The second-order valence-corrected chi connectivity index (χ2v) is 4.63. The molecule has 6 heteroatoms. The van der Waals surface area contributed by atoms with Crippen LogP contribution in [0.2, 0.25) is 0 Å². The van der Waals surface area contributed by atoms with E-state index in [-0.39, 0.29) is 11.8 Å². The molecule has 2 aliphatic rings. The van der Waals surface area contributed by atoms with E-state index in [9.17, 15) is 4.79 Å². The summed E-state index contributed by atoms with van der Waals surface area (Å²) in [4.78, 5) is 22.2. The number of hydrogen-bond donors (Lipinski definition) is 1. The highest BCUT2D eigenvalue weighted by Crippen LogP contribution is 2.30. The molecule has 18 heavy (non-hydrogen) atoms. The minimum absolute atomic E-state index is 0.0812. The lowest BCUT2D eigenvalue weighted by Gasteiger charge is -2.26. The van der Waals surface area contributed by atoms with Crippen LogP contribution in [0.1, 0.15) is 12.8 Å². The quantitative estimate of drug-likeness (QED) is 0.851. The van der Waals surface area contributed by atoms with Crippen molar-refractivity contribution >= 4 is 17.5 Å². The minimum atomic E-state index is 0.0812. The SMILES string of the molecule is O=C(Nc1cnc(N2CCOCC2)nc1)C1CC1. The van der Waals surface area contributed by atoms with Gasteiger partial charge in [-0.3, -0.25) is 4.79 Å². The Balaban J connectivity index is 1.62. The molecule has 1 saturated heterocycles. The molecule has 1 aliphatic heterocycles. The van der Waals surface area contributed by atoms with Crippen LogP contribution in [0.15, 0.2) is 12.4 Å². The molecule has 1 aromatic heterocycles. The molecular weight excluding hydrogens is 232 g/mol. The maximum Gasteiger partial charge on any atom is 0.227 e. The van der Waals surface area contributed by atoms with Gasteiger partial charge in [-0.1, -0.05) is 0 Å². The molecule has 96 valence electrons. The number of hydrogen-bond acceptors (Lipinski definition) is 5. The lowest BCUT2D eigenvalue weighted by Crippen LogP contribution is -2.37. The lowest BCUT2D eigenvalue weighted by molar-refractivity contribution is -0.117. The van der Waals surface area contributed by atoms with Gasteiger partial charge in [-0.2, -0.15) is 0 Å². The molecule has 0 radical (unpaired) electrons. The zero-order chi connectivity index (χ0) is 12.4. The van der Waals surface area contributed by atoms with Gasteiger partial charge in [-0.05, 0) is 12.8 Å². The maximum atomic E-state index is 11.6. The number of ether oxygens (including phenoxy) is 1. The van der Waals surface area contributed by atoms with Crippen molar-refractivity contribution in [1.29, 1.82) is 0 Å². The largest absolute Gasteiger partial charge is 0.378 e. The summed E-state index contributed by atoms with van der Waals surface area (Å²) in [6, 6.07) is 0. The molecule has 2 heterocycles. The van der Waals surface area contributed by atoms with Crippen molar-refractivity contribution in [2.24, 2.45) is 5.92 Å². The molecule has 2 fully saturated rings. The second-order valence-electron chi connectivity index (χ2n) is 4.63. The van der Waals surface area contributed by atoms with E-state index in [1.807, 2.05) is 0 Å². The number of rotatable bonds is 3. The van der Waals surface area contributed by atoms with Crippen LogP contribution >= 0.6 is 0 Å². The summed E-state index contributed by atoms with van der Waals surface area (Å²) < 4.78 is 5.28. The Morgan fingerprint density at radius 1 is 1.28 bits per heavy atom. The van der Waals surface area contributed by atoms with E-state index in [4.69, 9.17) is 4.74 Å². The van der Waals surface area contributed by atoms with E-state index in [2.05, 4.69) is 20.2 Å². The highest BCUT2D eigenvalue weighted by molar-refractivity contribution is 5.93. The Kier molecular flexibility index (Phi) is 3.10. The van der Waals surface area contributed by atoms with Crippen molar-refractivity contribution in [3.8, 4) is 0 Å². The fraction of sp³-hybridized carbons (Fsp3) is 0.583. The van der Waals surface area contributed by atoms with E-state index in [0.29, 0.717) is 24.8 Å². The van der Waals surface area contributed by atoms with Crippen LogP contribution in [-0.2, 0) is 9.53 Å². The summed E-state index contributed by atoms with van der Waals surface area (Å²) in [5.74, 6) is 0.976. The summed E-state index contributed by atoms with van der Waals surface area (Å²) in [6.07, 6.45) is 5.33. The molecule has 0 bridgehead atoms. The first-order valence-electron chi connectivity index (χ1n) is 6.28. The first-order chi connectivity index (χ1) is 8.83. The van der Waals surface area contributed by atoms with Crippen molar-refractivity contribution in [2.75, 3.05) is 36.5 Å². The van der Waals surface area contributed by atoms with Crippen LogP contribution < -0.4 is 10.2 Å². The number of nitrogens with zero attached hydrogens (tertiary/aromatic N) is 3. The van der Waals surface area contributed by atoms with Crippen LogP contribution in [0, 0.1) is 5.92 Å². The van der Waals surface area contributed by atoms with Crippen molar-refractivity contribution in [1.82, 2.24) is 9.97 Å². The number of carbonyl (C=O) groups excluding carboxylic acids is 1. The molecule has 3 rings (SSSR count). The molecule has 0 spiro atoms. The van der Waals surface area contributed by atoms with E-state index in [1.54, 1.807) is 12.4 Å². The normalized spacial score (nSPS) is 19.7. The molecule has 1 saturated carbocycles. The van der Waals surface area contributed by atoms with Crippen LogP contribution in [0.5, 0.6) is 0 Å². The Morgan fingerprint density at radius 3 is 2.56 bits per heavy atom. The Hall–Kier alpha value is -1.69. The van der Waals surface area contributed by atoms with Gasteiger partial charge in [-0.15, -0.1) is 0 Å². The predicted molar refractivity (Wildman–Crippen MR) is 66.4 cm³/mol. The average molecular weight is 248 g/mol. The summed E-state index contributed by atoms with van der Waals surface area (Å²) >= 11 is 0. The van der Waals surface area contributed by atoms with Gasteiger partial charge in [0.05, 0.1) is 31.3 Å². The van der Waals surface area contributed by atoms with Gasteiger partial charge >= 0.3 is 0 Å². The number of amides is 1. The van der Waals surface area contributed by atoms with Gasteiger partial charge in [0.15, 0.2) is 0 Å². The number of morpholine rings is 1. The summed E-state index contributed by atoms with van der Waals surface area (Å²) in [7, 11) is 0. The maximum absolute atomic E-state index is 11.6. The van der Waals surface area contributed by atoms with Crippen LogP contribution in [0.25, 0.3) is 0 Å². The molecule has 0 unspecified atom stereocenters. The molecule has 1 amide bonds. The molecule has 1 N–H and O–H groups in total. The Morgan fingerprint density at radius 2 is 1.94 bits per heavy atom. The van der Waals surface area contributed by atoms with Gasteiger partial charge < -0.3 is 15.0 Å². The van der Waals surface area contributed by atoms with Crippen molar-refractivity contribution in [2.45, 2.75) is 12.8 Å². The van der Waals surface area contributed by atoms with E-state index in [1.165, 1.54) is 0 Å². The molecule has 0 atom stereocenters. The lowest BCUT2D eigenvalue weighted by atomic mass is 10.4. The molecule has 1 aromatic rings. The summed E-state index contributed by atoms with van der Waals surface area (Å²) in [5, 5.41) is 2.83. The molecular formula is C12H16N4O2. The highest BCUT2D eigenvalue weighted by Gasteiger charge is 2.29. The number of anilines is 2. The smallest absolute Gasteiger partial charge is 0.227 e. The zero-order valence-electron chi connectivity index (χ0n) is 10.1. The first-order valence-corrected chi connectivity index (χ1v) is 6.28. The fourth-order valence-corrected chi connectivity index (χ4v) is 1.90. The van der Waals surface area contributed by atoms with Crippen molar-refractivity contribution < 1.29 is 9.53 Å². The average Bonchev–Trinajstić information content (AvgIpc) is 3.25. The number of aromatic nitrogens is 2. The first kappa shape index (κ1) is 11.4. The third-order valence-electron chi connectivity index (χ3n) is 3.15. The highest BCUT2D eigenvalue weighted by atomic mass is 16.5. The van der Waals surface area contributed by atoms with Gasteiger partial charge in [0.25, 0.3) is 0 Å². The number of nitrogens with one attached hydrogen (secondary N) is 1. The monoisotopic (exact) mass is 248 g/mol. The van der Waals surface area contributed by atoms with Gasteiger partial charge in [-0.25, -0.2) is 9.97 Å². The topological polar surface area (TPSA) is 67.4 Å². The van der Waals surface area contributed by atoms with Crippen LogP contribution in [0.3, 0.4) is 0 Å². The van der Waals surface area contributed by atoms with Crippen molar-refractivity contribution in [3.63, 3.8) is 0 Å². The standard InChI is InChI=1S/C12H16N4O2/c17-11(9-1-2-9)15-10-7-13-12(14-8-10)16-3-5-18-6-4-16/h7-9H,1-6H2,(H,15,17). The Labute approximate surface area is 105 Å². The molecule has 1 aliphatic carbocycles.